The number of rotatable bonds is 5. The minimum Gasteiger partial charge on any atom is -0.481 e. The van der Waals surface area contributed by atoms with Gasteiger partial charge < -0.3 is 20.1 Å². The van der Waals surface area contributed by atoms with E-state index in [-0.39, 0.29) is 19.0 Å². The summed E-state index contributed by atoms with van der Waals surface area (Å²) in [4.78, 5) is 23.8. The normalized spacial score (nSPS) is 17.2. The van der Waals surface area contributed by atoms with Crippen molar-refractivity contribution < 1.29 is 19.4 Å². The highest BCUT2D eigenvalue weighted by Gasteiger charge is 2.19. The van der Waals surface area contributed by atoms with Crippen LogP contribution in [0.15, 0.2) is 0 Å². The highest BCUT2D eigenvalue weighted by atomic mass is 16.5. The first-order chi connectivity index (χ1) is 7.63. The molecule has 16 heavy (non-hydrogen) atoms. The van der Waals surface area contributed by atoms with Gasteiger partial charge in [0.25, 0.3) is 0 Å². The number of urea groups is 1. The first kappa shape index (κ1) is 12.8. The molecule has 1 fully saturated rings. The summed E-state index contributed by atoms with van der Waals surface area (Å²) < 4.78 is 4.96. The number of carbonyl (C=O) groups excluding carboxylic acids is 1. The minimum absolute atomic E-state index is 0.100. The second kappa shape index (κ2) is 6.32. The van der Waals surface area contributed by atoms with Crippen LogP contribution >= 0.6 is 0 Å². The molecule has 1 saturated heterocycles. The van der Waals surface area contributed by atoms with Crippen molar-refractivity contribution >= 4 is 12.0 Å². The molecule has 0 radical (unpaired) electrons. The number of methoxy groups -OCH3 is 1. The van der Waals surface area contributed by atoms with E-state index in [0.717, 1.165) is 25.9 Å². The van der Waals surface area contributed by atoms with Gasteiger partial charge in [-0.25, -0.2) is 4.79 Å². The van der Waals surface area contributed by atoms with Gasteiger partial charge >= 0.3 is 12.0 Å². The predicted molar refractivity (Wildman–Crippen MR) is 57.3 cm³/mol. The van der Waals surface area contributed by atoms with Crippen molar-refractivity contribution in [1.82, 2.24) is 10.2 Å². The molecule has 0 aromatic carbocycles. The number of nitrogens with one attached hydrogen (secondary N) is 1. The van der Waals surface area contributed by atoms with Crippen molar-refractivity contribution in [2.45, 2.75) is 25.4 Å². The van der Waals surface area contributed by atoms with Crippen LogP contribution in [0.5, 0.6) is 0 Å². The van der Waals surface area contributed by atoms with Gasteiger partial charge in [0.15, 0.2) is 0 Å². The molecule has 6 heteroatoms. The highest BCUT2D eigenvalue weighted by molar-refractivity contribution is 5.74. The fourth-order valence-corrected chi connectivity index (χ4v) is 1.67. The molecule has 1 unspecified atom stereocenters. The molecule has 6 nitrogen and oxygen atoms in total. The van der Waals surface area contributed by atoms with Crippen molar-refractivity contribution in [3.05, 3.63) is 0 Å². The van der Waals surface area contributed by atoms with Crippen molar-refractivity contribution in [2.24, 2.45) is 0 Å². The summed E-state index contributed by atoms with van der Waals surface area (Å²) in [6.45, 7) is 1.79. The lowest BCUT2D eigenvalue weighted by molar-refractivity contribution is -0.139. The first-order valence-electron chi connectivity index (χ1n) is 5.41. The van der Waals surface area contributed by atoms with E-state index in [9.17, 15) is 9.59 Å². The Morgan fingerprint density at radius 1 is 1.44 bits per heavy atom. The van der Waals surface area contributed by atoms with Crippen LogP contribution in [0.1, 0.15) is 19.3 Å². The Bertz CT molecular complexity index is 251. The van der Waals surface area contributed by atoms with Crippen LogP contribution in [-0.4, -0.2) is 54.9 Å². The lowest BCUT2D eigenvalue weighted by atomic mass is 10.2. The fraction of sp³-hybridized carbons (Fsp3) is 0.800. The van der Waals surface area contributed by atoms with Crippen molar-refractivity contribution in [1.29, 1.82) is 0 Å². The molecule has 1 heterocycles. The van der Waals surface area contributed by atoms with Crippen LogP contribution in [0.25, 0.3) is 0 Å². The zero-order chi connectivity index (χ0) is 12.0. The maximum atomic E-state index is 11.6. The highest BCUT2D eigenvalue weighted by Crippen LogP contribution is 2.07. The Balaban J connectivity index is 2.25. The maximum Gasteiger partial charge on any atom is 0.317 e. The van der Waals surface area contributed by atoms with Crippen LogP contribution < -0.4 is 5.32 Å². The van der Waals surface area contributed by atoms with Gasteiger partial charge in [-0.05, 0) is 12.8 Å². The summed E-state index contributed by atoms with van der Waals surface area (Å²) in [7, 11) is 1.44. The van der Waals surface area contributed by atoms with Gasteiger partial charge in [-0.1, -0.05) is 0 Å². The monoisotopic (exact) mass is 230 g/mol. The zero-order valence-corrected chi connectivity index (χ0v) is 9.44. The van der Waals surface area contributed by atoms with E-state index in [4.69, 9.17) is 9.84 Å². The summed E-state index contributed by atoms with van der Waals surface area (Å²) in [5.41, 5.74) is 0. The third kappa shape index (κ3) is 4.06. The average Bonchev–Trinajstić information content (AvgIpc) is 2.76. The SMILES string of the molecule is COC(CNC(=O)N1CCCC1)CC(=O)O. The molecule has 0 aromatic heterocycles. The van der Waals surface area contributed by atoms with Gasteiger partial charge in [0, 0.05) is 26.7 Å². The van der Waals surface area contributed by atoms with Crippen LogP contribution in [0.4, 0.5) is 4.79 Å². The number of amides is 2. The molecule has 0 aromatic rings. The van der Waals surface area contributed by atoms with E-state index in [1.807, 2.05) is 0 Å². The second-order valence-corrected chi connectivity index (χ2v) is 3.84. The number of aliphatic carboxylic acids is 1. The van der Waals surface area contributed by atoms with E-state index in [1.165, 1.54) is 7.11 Å². The number of hydrogen-bond donors (Lipinski definition) is 2. The molecule has 1 atom stereocenters. The van der Waals surface area contributed by atoms with E-state index in [2.05, 4.69) is 5.32 Å². The Hall–Kier alpha value is -1.30. The standard InChI is InChI=1S/C10H18N2O4/c1-16-8(6-9(13)14)7-11-10(15)12-4-2-3-5-12/h8H,2-7H2,1H3,(H,11,15)(H,13,14). The molecule has 1 aliphatic rings. The average molecular weight is 230 g/mol. The fourth-order valence-electron chi connectivity index (χ4n) is 1.67. The third-order valence-electron chi connectivity index (χ3n) is 2.61. The van der Waals surface area contributed by atoms with Crippen LogP contribution in [-0.2, 0) is 9.53 Å². The zero-order valence-electron chi connectivity index (χ0n) is 9.44. The number of ether oxygens (including phenoxy) is 1. The molecule has 2 N–H and O–H groups in total. The largest absolute Gasteiger partial charge is 0.481 e. The summed E-state index contributed by atoms with van der Waals surface area (Å²) in [5.74, 6) is -0.928. The number of likely N-dealkylation sites (tertiary alicyclic amines) is 1. The summed E-state index contributed by atoms with van der Waals surface area (Å²) in [6.07, 6.45) is 1.51. The third-order valence-corrected chi connectivity index (χ3v) is 2.61. The van der Waals surface area contributed by atoms with Crippen LogP contribution in [0, 0.1) is 0 Å². The van der Waals surface area contributed by atoms with Crippen molar-refractivity contribution in [2.75, 3.05) is 26.7 Å². The van der Waals surface area contributed by atoms with E-state index in [1.54, 1.807) is 4.90 Å². The summed E-state index contributed by atoms with van der Waals surface area (Å²) in [5, 5.41) is 11.3. The molecular weight excluding hydrogens is 212 g/mol. The lowest BCUT2D eigenvalue weighted by Gasteiger charge is -2.19. The molecule has 0 spiro atoms. The Kier molecular flexibility index (Phi) is 5.04. The van der Waals surface area contributed by atoms with Gasteiger partial charge in [-0.3, -0.25) is 4.79 Å². The van der Waals surface area contributed by atoms with Gasteiger partial charge in [0.2, 0.25) is 0 Å². The first-order valence-corrected chi connectivity index (χ1v) is 5.41. The van der Waals surface area contributed by atoms with Crippen LogP contribution in [0.3, 0.4) is 0 Å². The number of hydrogen-bond acceptors (Lipinski definition) is 3. The van der Waals surface area contributed by atoms with Gasteiger partial charge in [-0.15, -0.1) is 0 Å². The number of carboxylic acid groups (broad SMARTS) is 1. The molecular formula is C10H18N2O4. The Morgan fingerprint density at radius 2 is 2.06 bits per heavy atom. The smallest absolute Gasteiger partial charge is 0.317 e. The topological polar surface area (TPSA) is 78.9 Å². The maximum absolute atomic E-state index is 11.6. The summed E-state index contributed by atoms with van der Waals surface area (Å²) in [6, 6.07) is -0.134. The van der Waals surface area contributed by atoms with E-state index >= 15 is 0 Å². The van der Waals surface area contributed by atoms with Gasteiger partial charge in [-0.2, -0.15) is 0 Å². The number of carboxylic acids is 1. The van der Waals surface area contributed by atoms with Crippen molar-refractivity contribution in [3.8, 4) is 0 Å². The molecule has 0 aliphatic carbocycles. The van der Waals surface area contributed by atoms with E-state index < -0.39 is 12.1 Å². The summed E-state index contributed by atoms with van der Waals surface area (Å²) >= 11 is 0. The van der Waals surface area contributed by atoms with Crippen molar-refractivity contribution in [3.63, 3.8) is 0 Å². The minimum atomic E-state index is -0.928. The van der Waals surface area contributed by atoms with E-state index in [0.29, 0.717) is 0 Å². The predicted octanol–water partition coefficient (Wildman–Crippen LogP) is 0.281. The molecule has 92 valence electrons. The van der Waals surface area contributed by atoms with Gasteiger partial charge in [0.05, 0.1) is 12.5 Å². The molecule has 1 aliphatic heterocycles. The Morgan fingerprint density at radius 3 is 2.56 bits per heavy atom. The molecule has 2 amide bonds. The quantitative estimate of drug-likeness (QED) is 0.711. The molecule has 0 bridgehead atoms. The second-order valence-electron chi connectivity index (χ2n) is 3.84. The van der Waals surface area contributed by atoms with Crippen LogP contribution in [0.2, 0.25) is 0 Å². The number of nitrogens with zero attached hydrogens (tertiary/aromatic N) is 1. The number of carbonyl (C=O) groups is 2. The molecule has 0 saturated carbocycles. The molecule has 1 rings (SSSR count). The van der Waals surface area contributed by atoms with Gasteiger partial charge in [0.1, 0.15) is 0 Å². The lowest BCUT2D eigenvalue weighted by Crippen LogP contribution is -2.42. The Labute approximate surface area is 94.6 Å².